The van der Waals surface area contributed by atoms with Crippen LogP contribution in [0.1, 0.15) is 25.3 Å². The van der Waals surface area contributed by atoms with E-state index in [0.29, 0.717) is 23.3 Å². The van der Waals surface area contributed by atoms with Gasteiger partial charge in [0.25, 0.3) is 0 Å². The smallest absolute Gasteiger partial charge is 0.412 e. The molecule has 0 aromatic heterocycles. The van der Waals surface area contributed by atoms with Crippen molar-refractivity contribution < 1.29 is 19.0 Å². The van der Waals surface area contributed by atoms with Gasteiger partial charge in [0, 0.05) is 31.2 Å². The maximum absolute atomic E-state index is 12.4. The number of benzene rings is 2. The van der Waals surface area contributed by atoms with Crippen molar-refractivity contribution in [3.8, 4) is 0 Å². The van der Waals surface area contributed by atoms with Gasteiger partial charge in [-0.15, -0.1) is 0 Å². The summed E-state index contributed by atoms with van der Waals surface area (Å²) >= 11 is 5.48. The lowest BCUT2D eigenvalue weighted by Crippen LogP contribution is -2.46. The number of nitrogens with one attached hydrogen (secondary N) is 3. The van der Waals surface area contributed by atoms with Gasteiger partial charge in [-0.05, 0) is 60.1 Å². The minimum absolute atomic E-state index is 0.133. The summed E-state index contributed by atoms with van der Waals surface area (Å²) in [6, 6.07) is 15.6. The largest absolute Gasteiger partial charge is 0.441 e. The summed E-state index contributed by atoms with van der Waals surface area (Å²) in [6.45, 7) is 4.94. The van der Waals surface area contributed by atoms with Crippen LogP contribution in [-0.2, 0) is 14.2 Å². The van der Waals surface area contributed by atoms with Crippen LogP contribution in [0.4, 0.5) is 21.9 Å². The molecule has 3 N–H and O–H groups in total. The van der Waals surface area contributed by atoms with Crippen LogP contribution in [0.15, 0.2) is 48.5 Å². The highest BCUT2D eigenvalue weighted by Crippen LogP contribution is 2.29. The fourth-order valence-corrected chi connectivity index (χ4v) is 4.37. The second kappa shape index (κ2) is 10.6. The van der Waals surface area contributed by atoms with Gasteiger partial charge in [0.2, 0.25) is 0 Å². The van der Waals surface area contributed by atoms with Crippen molar-refractivity contribution in [2.45, 2.75) is 44.1 Å². The van der Waals surface area contributed by atoms with E-state index >= 15 is 0 Å². The Bertz CT molecular complexity index is 915. The van der Waals surface area contributed by atoms with E-state index in [4.69, 9.17) is 26.4 Å². The van der Waals surface area contributed by atoms with Crippen LogP contribution in [0, 0.1) is 0 Å². The Morgan fingerprint density at radius 1 is 0.971 bits per heavy atom. The van der Waals surface area contributed by atoms with Crippen LogP contribution >= 0.6 is 12.2 Å². The summed E-state index contributed by atoms with van der Waals surface area (Å²) in [4.78, 5) is 14.4. The van der Waals surface area contributed by atoms with Gasteiger partial charge in [0.05, 0.1) is 19.3 Å². The van der Waals surface area contributed by atoms with Crippen LogP contribution in [-0.4, -0.2) is 62.9 Å². The number of amides is 1. The van der Waals surface area contributed by atoms with Gasteiger partial charge in [-0.2, -0.15) is 0 Å². The van der Waals surface area contributed by atoms with Gasteiger partial charge >= 0.3 is 6.09 Å². The monoisotopic (exact) mass is 484 g/mol. The van der Waals surface area contributed by atoms with Gasteiger partial charge in [-0.3, -0.25) is 5.32 Å². The highest BCUT2D eigenvalue weighted by molar-refractivity contribution is 7.80. The number of rotatable bonds is 6. The second-order valence-corrected chi connectivity index (χ2v) is 9.50. The molecule has 2 fully saturated rings. The van der Waals surface area contributed by atoms with Gasteiger partial charge in [0.1, 0.15) is 12.2 Å². The van der Waals surface area contributed by atoms with E-state index in [1.54, 1.807) is 0 Å². The fourth-order valence-electron chi connectivity index (χ4n) is 4.10. The molecule has 2 aliphatic rings. The van der Waals surface area contributed by atoms with Crippen molar-refractivity contribution in [2.24, 2.45) is 0 Å². The Balaban J connectivity index is 1.25. The summed E-state index contributed by atoms with van der Waals surface area (Å²) in [5.74, 6) is 0.432. The molecule has 4 rings (SSSR count). The standard InChI is InChI=1S/C25H32N4O4S/c1-15(2)16-5-7-18(8-6-16)27-25(30)33-21-14-32-22-20(13-31-23(21)22)28-24(34)26-17-9-11-19(12-10-17)29(3)4/h5-12,15,20-23H,13-14H2,1-4H3,(H,27,30)(H2,26,28,34)/t20-,21+,22+,23+/m0/s1. The van der Waals surface area contributed by atoms with Crippen molar-refractivity contribution >= 4 is 40.5 Å². The van der Waals surface area contributed by atoms with E-state index in [1.807, 2.05) is 67.5 Å². The summed E-state index contributed by atoms with van der Waals surface area (Å²) in [5.41, 5.74) is 3.90. The summed E-state index contributed by atoms with van der Waals surface area (Å²) in [5, 5.41) is 9.72. The Morgan fingerprint density at radius 2 is 1.59 bits per heavy atom. The lowest BCUT2D eigenvalue weighted by molar-refractivity contribution is 0.00880. The molecule has 8 nitrogen and oxygen atoms in total. The molecule has 34 heavy (non-hydrogen) atoms. The molecular weight excluding hydrogens is 452 g/mol. The van der Waals surface area contributed by atoms with Crippen molar-refractivity contribution in [1.82, 2.24) is 5.32 Å². The highest BCUT2D eigenvalue weighted by atomic mass is 32.1. The topological polar surface area (TPSA) is 84.1 Å². The molecule has 4 atom stereocenters. The molecule has 9 heteroatoms. The molecular formula is C25H32N4O4S. The molecule has 0 spiro atoms. The first-order chi connectivity index (χ1) is 16.3. The molecule has 182 valence electrons. The minimum atomic E-state index is -0.523. The number of carbonyl (C=O) groups excluding carboxylic acids is 1. The number of thiocarbonyl (C=S) groups is 1. The van der Waals surface area contributed by atoms with Crippen LogP contribution < -0.4 is 20.9 Å². The predicted molar refractivity (Wildman–Crippen MR) is 138 cm³/mol. The Morgan fingerprint density at radius 3 is 2.24 bits per heavy atom. The molecule has 0 saturated carbocycles. The van der Waals surface area contributed by atoms with Crippen LogP contribution in [0.2, 0.25) is 0 Å². The molecule has 0 bridgehead atoms. The number of nitrogens with zero attached hydrogens (tertiary/aromatic N) is 1. The predicted octanol–water partition coefficient (Wildman–Crippen LogP) is 3.95. The molecule has 2 saturated heterocycles. The second-order valence-electron chi connectivity index (χ2n) is 9.09. The first kappa shape index (κ1) is 24.3. The third-order valence-electron chi connectivity index (χ3n) is 6.05. The maximum Gasteiger partial charge on any atom is 0.412 e. The SMILES string of the molecule is CC(C)c1ccc(NC(=O)O[C@@H]2CO[C@H]3[C@@H]2OC[C@@H]3NC(=S)Nc2ccc(N(C)C)cc2)cc1. The first-order valence-corrected chi connectivity index (χ1v) is 11.9. The normalized spacial score (nSPS) is 23.3. The van der Waals surface area contributed by atoms with Crippen molar-refractivity contribution in [2.75, 3.05) is 42.8 Å². The third kappa shape index (κ3) is 5.78. The Labute approximate surface area is 205 Å². The van der Waals surface area contributed by atoms with Crippen LogP contribution in [0.5, 0.6) is 0 Å². The summed E-state index contributed by atoms with van der Waals surface area (Å²) in [6.07, 6.45) is -1.59. The average Bonchev–Trinajstić information content (AvgIpc) is 3.38. The Hall–Kier alpha value is -2.88. The minimum Gasteiger partial charge on any atom is -0.441 e. The molecule has 2 heterocycles. The zero-order valence-electron chi connectivity index (χ0n) is 19.9. The Kier molecular flexibility index (Phi) is 7.55. The average molecular weight is 485 g/mol. The number of carbonyl (C=O) groups is 1. The quantitative estimate of drug-likeness (QED) is 0.532. The van der Waals surface area contributed by atoms with E-state index in [9.17, 15) is 4.79 Å². The lowest BCUT2D eigenvalue weighted by atomic mass is 10.0. The van der Waals surface area contributed by atoms with E-state index in [0.717, 1.165) is 11.4 Å². The zero-order chi connectivity index (χ0) is 24.2. The summed E-state index contributed by atoms with van der Waals surface area (Å²) < 4.78 is 17.4. The van der Waals surface area contributed by atoms with E-state index in [-0.39, 0.29) is 24.9 Å². The van der Waals surface area contributed by atoms with Gasteiger partial charge in [-0.25, -0.2) is 4.79 Å². The summed E-state index contributed by atoms with van der Waals surface area (Å²) in [7, 11) is 3.99. The number of hydrogen-bond donors (Lipinski definition) is 3. The van der Waals surface area contributed by atoms with E-state index in [2.05, 4.69) is 29.8 Å². The molecule has 0 radical (unpaired) electrons. The number of fused-ring (bicyclic) bond motifs is 1. The highest BCUT2D eigenvalue weighted by Gasteiger charge is 2.49. The van der Waals surface area contributed by atoms with E-state index < -0.39 is 12.2 Å². The van der Waals surface area contributed by atoms with Crippen molar-refractivity contribution in [1.29, 1.82) is 0 Å². The molecule has 0 aliphatic carbocycles. The fraction of sp³-hybridized carbons (Fsp3) is 0.440. The maximum atomic E-state index is 12.4. The van der Waals surface area contributed by atoms with Crippen LogP contribution in [0.3, 0.4) is 0 Å². The van der Waals surface area contributed by atoms with Gasteiger partial charge in [0.15, 0.2) is 11.2 Å². The molecule has 2 aromatic carbocycles. The zero-order valence-corrected chi connectivity index (χ0v) is 20.7. The van der Waals surface area contributed by atoms with Crippen LogP contribution in [0.25, 0.3) is 0 Å². The molecule has 2 aliphatic heterocycles. The molecule has 0 unspecified atom stereocenters. The number of anilines is 3. The van der Waals surface area contributed by atoms with Crippen molar-refractivity contribution in [3.05, 3.63) is 54.1 Å². The van der Waals surface area contributed by atoms with Crippen molar-refractivity contribution in [3.63, 3.8) is 0 Å². The number of ether oxygens (including phenoxy) is 3. The first-order valence-electron chi connectivity index (χ1n) is 11.5. The molecule has 1 amide bonds. The molecule has 2 aromatic rings. The van der Waals surface area contributed by atoms with E-state index in [1.165, 1.54) is 5.56 Å². The number of hydrogen-bond acceptors (Lipinski definition) is 6. The van der Waals surface area contributed by atoms with Gasteiger partial charge in [-0.1, -0.05) is 26.0 Å². The lowest BCUT2D eigenvalue weighted by Gasteiger charge is -2.20. The third-order valence-corrected chi connectivity index (χ3v) is 6.27. The van der Waals surface area contributed by atoms with Gasteiger partial charge < -0.3 is 29.7 Å².